The number of benzene rings is 10. The number of furan rings is 1. The van der Waals surface area contributed by atoms with E-state index in [-0.39, 0.29) is 0 Å². The molecule has 0 bridgehead atoms. The normalized spacial score (nSPS) is 11.7. The summed E-state index contributed by atoms with van der Waals surface area (Å²) in [6, 6.07) is 74.4. The zero-order valence-corrected chi connectivity index (χ0v) is 35.2. The van der Waals surface area contributed by atoms with E-state index in [4.69, 9.17) is 4.42 Å². The average molecular weight is 858 g/mol. The third-order valence-electron chi connectivity index (χ3n) is 12.4. The number of rotatable bonds is 7. The number of hydrogen-bond donors (Lipinski definition) is 0. The van der Waals surface area contributed by atoms with Crippen molar-refractivity contribution in [2.45, 2.75) is 0 Å². The highest BCUT2D eigenvalue weighted by molar-refractivity contribution is 9.10. The van der Waals surface area contributed by atoms with Gasteiger partial charge in [-0.1, -0.05) is 168 Å². The molecule has 12 aromatic rings. The zero-order chi connectivity index (χ0) is 41.3. The largest absolute Gasteiger partial charge is 0.456 e. The molecule has 0 unspecified atom stereocenters. The van der Waals surface area contributed by atoms with Crippen molar-refractivity contribution in [2.24, 2.45) is 0 Å². The predicted octanol–water partition coefficient (Wildman–Crippen LogP) is 17.2. The van der Waals surface area contributed by atoms with Crippen molar-refractivity contribution in [2.75, 3.05) is 4.90 Å². The molecule has 0 aliphatic rings. The lowest BCUT2D eigenvalue weighted by atomic mass is 9.95. The van der Waals surface area contributed by atoms with Gasteiger partial charge in [-0.05, 0) is 99.9 Å². The number of para-hydroxylation sites is 1. The number of hydrogen-bond acceptors (Lipinski definition) is 2. The van der Waals surface area contributed by atoms with Crippen LogP contribution < -0.4 is 4.90 Å². The fourth-order valence-electron chi connectivity index (χ4n) is 9.60. The third kappa shape index (κ3) is 5.72. The van der Waals surface area contributed by atoms with Gasteiger partial charge >= 0.3 is 0 Å². The monoisotopic (exact) mass is 856 g/mol. The summed E-state index contributed by atoms with van der Waals surface area (Å²) in [5.74, 6) is 0. The summed E-state index contributed by atoms with van der Waals surface area (Å²) in [6.45, 7) is 4.05. The van der Waals surface area contributed by atoms with E-state index < -0.39 is 0 Å². The number of fused-ring (bicyclic) bond motifs is 10. The number of anilines is 3. The summed E-state index contributed by atoms with van der Waals surface area (Å²) in [7, 11) is 0. The number of halogens is 1. The second-order valence-electron chi connectivity index (χ2n) is 15.8. The highest BCUT2D eigenvalue weighted by Gasteiger charge is 2.26. The Morgan fingerprint density at radius 3 is 1.87 bits per heavy atom. The highest BCUT2D eigenvalue weighted by Crippen LogP contribution is 2.50. The molecule has 0 radical (unpaired) electrons. The standard InChI is InChI=1S/C58H37BrN2O/c1-2-37-26-28-42(29-27-37)61-57-48-23-9-8-22-47(48)53(36-51(57)49-31-33-55-56(58(49)61)50-24-10-11-25-54(50)62-55)60(43-19-13-17-40(35-43)39-16-12-18-41(59)34-39)52-32-30-44(38-14-4-3-5-15-38)45-20-6-7-21-46(45)52/h2-36H,1H2. The molecule has 0 fully saturated rings. The van der Waals surface area contributed by atoms with E-state index in [1.165, 1.54) is 21.9 Å². The lowest BCUT2D eigenvalue weighted by molar-refractivity contribution is 0.669. The molecule has 4 heteroatoms. The number of nitrogens with zero attached hydrogens (tertiary/aromatic N) is 2. The Morgan fingerprint density at radius 2 is 1.10 bits per heavy atom. The van der Waals surface area contributed by atoms with Gasteiger partial charge in [0.2, 0.25) is 0 Å². The zero-order valence-electron chi connectivity index (χ0n) is 33.6. The summed E-state index contributed by atoms with van der Waals surface area (Å²) in [5, 5.41) is 9.19. The maximum absolute atomic E-state index is 6.55. The summed E-state index contributed by atoms with van der Waals surface area (Å²) in [5.41, 5.74) is 14.1. The summed E-state index contributed by atoms with van der Waals surface area (Å²) < 4.78 is 10.1. The first-order chi connectivity index (χ1) is 30.6. The van der Waals surface area contributed by atoms with Crippen molar-refractivity contribution < 1.29 is 4.42 Å². The van der Waals surface area contributed by atoms with Crippen molar-refractivity contribution in [1.82, 2.24) is 4.57 Å². The van der Waals surface area contributed by atoms with Gasteiger partial charge in [0.15, 0.2) is 0 Å². The minimum absolute atomic E-state index is 0.867. The van der Waals surface area contributed by atoms with Gasteiger partial charge in [0.05, 0.1) is 27.8 Å². The van der Waals surface area contributed by atoms with Crippen LogP contribution in [0.15, 0.2) is 222 Å². The molecule has 0 aliphatic carbocycles. The molecule has 2 heterocycles. The summed E-state index contributed by atoms with van der Waals surface area (Å²) in [4.78, 5) is 2.48. The van der Waals surface area contributed by atoms with Gasteiger partial charge in [0, 0.05) is 48.2 Å². The van der Waals surface area contributed by atoms with Gasteiger partial charge in [-0.25, -0.2) is 0 Å². The first-order valence-corrected chi connectivity index (χ1v) is 21.7. The molecule has 2 aromatic heterocycles. The minimum Gasteiger partial charge on any atom is -0.456 e. The van der Waals surface area contributed by atoms with Gasteiger partial charge in [-0.3, -0.25) is 0 Å². The molecule has 62 heavy (non-hydrogen) atoms. The van der Waals surface area contributed by atoms with E-state index in [9.17, 15) is 0 Å². The van der Waals surface area contributed by atoms with Crippen LogP contribution in [0.3, 0.4) is 0 Å². The summed E-state index contributed by atoms with van der Waals surface area (Å²) >= 11 is 3.73. The Balaban J connectivity index is 1.22. The Bertz CT molecular complexity index is 3730. The Hall–Kier alpha value is -7.66. The smallest absolute Gasteiger partial charge is 0.137 e. The van der Waals surface area contributed by atoms with Crippen LogP contribution >= 0.6 is 15.9 Å². The molecular formula is C58H37BrN2O. The molecule has 0 saturated carbocycles. The van der Waals surface area contributed by atoms with Gasteiger partial charge < -0.3 is 13.9 Å². The van der Waals surface area contributed by atoms with Gasteiger partial charge in [-0.15, -0.1) is 0 Å². The van der Waals surface area contributed by atoms with Crippen molar-refractivity contribution >= 4 is 104 Å². The van der Waals surface area contributed by atoms with Gasteiger partial charge in [0.25, 0.3) is 0 Å². The van der Waals surface area contributed by atoms with Crippen molar-refractivity contribution in [3.8, 4) is 27.9 Å². The van der Waals surface area contributed by atoms with Crippen LogP contribution in [0.25, 0.3) is 99.3 Å². The lowest BCUT2D eigenvalue weighted by Gasteiger charge is -2.29. The van der Waals surface area contributed by atoms with E-state index in [0.717, 1.165) is 98.4 Å². The second-order valence-corrected chi connectivity index (χ2v) is 16.8. The van der Waals surface area contributed by atoms with Crippen LogP contribution in [0.1, 0.15) is 5.56 Å². The van der Waals surface area contributed by atoms with Crippen LogP contribution in [0.2, 0.25) is 0 Å². The van der Waals surface area contributed by atoms with Crippen molar-refractivity contribution in [1.29, 1.82) is 0 Å². The third-order valence-corrected chi connectivity index (χ3v) is 12.9. The van der Waals surface area contributed by atoms with Crippen LogP contribution in [-0.2, 0) is 0 Å². The first kappa shape index (κ1) is 36.2. The maximum Gasteiger partial charge on any atom is 0.137 e. The molecule has 0 N–H and O–H groups in total. The molecule has 0 aliphatic heterocycles. The quantitative estimate of drug-likeness (QED) is 0.159. The molecule has 0 saturated heterocycles. The molecule has 3 nitrogen and oxygen atoms in total. The fourth-order valence-corrected chi connectivity index (χ4v) is 10.00. The van der Waals surface area contributed by atoms with Gasteiger partial charge in [0.1, 0.15) is 11.2 Å². The van der Waals surface area contributed by atoms with E-state index in [1.807, 2.05) is 12.1 Å². The summed E-state index contributed by atoms with van der Waals surface area (Å²) in [6.07, 6.45) is 1.90. The van der Waals surface area contributed by atoms with Crippen LogP contribution in [0.4, 0.5) is 17.1 Å². The molecule has 0 spiro atoms. The fraction of sp³-hybridized carbons (Fsp3) is 0. The molecule has 292 valence electrons. The predicted molar refractivity (Wildman–Crippen MR) is 266 cm³/mol. The van der Waals surface area contributed by atoms with E-state index in [1.54, 1.807) is 0 Å². The van der Waals surface area contributed by atoms with Gasteiger partial charge in [-0.2, -0.15) is 0 Å². The molecule has 10 aromatic carbocycles. The lowest BCUT2D eigenvalue weighted by Crippen LogP contribution is -2.11. The van der Waals surface area contributed by atoms with E-state index >= 15 is 0 Å². The van der Waals surface area contributed by atoms with E-state index in [0.29, 0.717) is 0 Å². The Morgan fingerprint density at radius 1 is 0.452 bits per heavy atom. The minimum atomic E-state index is 0.867. The van der Waals surface area contributed by atoms with Crippen molar-refractivity contribution in [3.05, 3.63) is 223 Å². The molecule has 12 rings (SSSR count). The molecule has 0 amide bonds. The topological polar surface area (TPSA) is 21.3 Å². The second kappa shape index (κ2) is 14.5. The van der Waals surface area contributed by atoms with Crippen LogP contribution in [0, 0.1) is 0 Å². The highest BCUT2D eigenvalue weighted by atomic mass is 79.9. The Labute approximate surface area is 367 Å². The number of aromatic nitrogens is 1. The first-order valence-electron chi connectivity index (χ1n) is 20.9. The maximum atomic E-state index is 6.55. The van der Waals surface area contributed by atoms with Crippen LogP contribution in [-0.4, -0.2) is 4.57 Å². The SMILES string of the molecule is C=Cc1ccc(-n2c3c4ccccc4c(N(c4cccc(-c5cccc(Br)c5)c4)c4ccc(-c5ccccc5)c5ccccc45)cc3c3ccc4oc5ccccc5c4c32)cc1. The molecular weight excluding hydrogens is 821 g/mol. The van der Waals surface area contributed by atoms with E-state index in [2.05, 4.69) is 232 Å². The Kier molecular flexibility index (Phi) is 8.48. The average Bonchev–Trinajstić information content (AvgIpc) is 3.88. The van der Waals surface area contributed by atoms with Crippen molar-refractivity contribution in [3.63, 3.8) is 0 Å². The van der Waals surface area contributed by atoms with Crippen LogP contribution in [0.5, 0.6) is 0 Å². The molecule has 0 atom stereocenters.